The quantitative estimate of drug-likeness (QED) is 0.813. The van der Waals surface area contributed by atoms with Crippen molar-refractivity contribution >= 4 is 5.65 Å². The molecular formula is C13H16N3O. The van der Waals surface area contributed by atoms with E-state index < -0.39 is 0 Å². The molecule has 0 amide bonds. The van der Waals surface area contributed by atoms with E-state index in [1.807, 2.05) is 18.3 Å². The van der Waals surface area contributed by atoms with Crippen molar-refractivity contribution in [2.24, 2.45) is 5.92 Å². The molecule has 0 N–H and O–H groups in total. The van der Waals surface area contributed by atoms with Crippen molar-refractivity contribution in [1.29, 1.82) is 0 Å². The Hall–Kier alpha value is -1.58. The maximum absolute atomic E-state index is 5.83. The van der Waals surface area contributed by atoms with Crippen molar-refractivity contribution in [3.8, 4) is 5.75 Å². The topological polar surface area (TPSA) is 39.4 Å². The average molecular weight is 230 g/mol. The number of nitrogens with zero attached hydrogens (tertiary/aromatic N) is 3. The van der Waals surface area contributed by atoms with Crippen molar-refractivity contribution < 1.29 is 4.74 Å². The van der Waals surface area contributed by atoms with Gasteiger partial charge in [-0.3, -0.25) is 4.40 Å². The fourth-order valence-corrected chi connectivity index (χ4v) is 2.41. The third kappa shape index (κ3) is 2.40. The molecule has 2 aromatic rings. The molecule has 1 aliphatic rings. The SMILES string of the molecule is [c]1nnc2ccc(OCC3CCCCC3)cn12. The van der Waals surface area contributed by atoms with Gasteiger partial charge in [0.1, 0.15) is 5.75 Å². The fraction of sp³-hybridized carbons (Fsp3) is 0.538. The largest absolute Gasteiger partial charge is 0.492 e. The van der Waals surface area contributed by atoms with Gasteiger partial charge in [-0.1, -0.05) is 19.3 Å². The van der Waals surface area contributed by atoms with E-state index in [2.05, 4.69) is 16.5 Å². The summed E-state index contributed by atoms with van der Waals surface area (Å²) in [6, 6.07) is 3.85. The van der Waals surface area contributed by atoms with Crippen LogP contribution in [0.2, 0.25) is 0 Å². The minimum atomic E-state index is 0.726. The molecule has 0 saturated heterocycles. The standard InChI is InChI=1S/C13H16N3O/c1-2-4-11(5-3-1)9-17-12-6-7-13-15-14-10-16(13)8-12/h6-8,11H,1-5,9H2. The summed E-state index contributed by atoms with van der Waals surface area (Å²) in [6.07, 6.45) is 11.4. The number of hydrogen-bond donors (Lipinski definition) is 0. The van der Waals surface area contributed by atoms with Crippen molar-refractivity contribution in [3.05, 3.63) is 24.7 Å². The zero-order chi connectivity index (χ0) is 11.5. The van der Waals surface area contributed by atoms with Crippen LogP contribution in [-0.2, 0) is 0 Å². The molecule has 2 heterocycles. The van der Waals surface area contributed by atoms with Crippen LogP contribution in [0.4, 0.5) is 0 Å². The third-order valence-corrected chi connectivity index (χ3v) is 3.42. The first kappa shape index (κ1) is 10.6. The van der Waals surface area contributed by atoms with Gasteiger partial charge in [0.2, 0.25) is 6.33 Å². The molecule has 89 valence electrons. The Morgan fingerprint density at radius 2 is 2.18 bits per heavy atom. The van der Waals surface area contributed by atoms with Crippen molar-refractivity contribution in [2.75, 3.05) is 6.61 Å². The number of hydrogen-bond acceptors (Lipinski definition) is 3. The van der Waals surface area contributed by atoms with E-state index >= 15 is 0 Å². The molecule has 0 aromatic carbocycles. The van der Waals surface area contributed by atoms with Crippen LogP contribution in [-0.4, -0.2) is 21.2 Å². The molecule has 1 radical (unpaired) electrons. The molecule has 17 heavy (non-hydrogen) atoms. The predicted molar refractivity (Wildman–Crippen MR) is 63.9 cm³/mol. The van der Waals surface area contributed by atoms with Gasteiger partial charge in [0.25, 0.3) is 0 Å². The Morgan fingerprint density at radius 1 is 1.29 bits per heavy atom. The highest BCUT2D eigenvalue weighted by Crippen LogP contribution is 2.24. The van der Waals surface area contributed by atoms with Crippen molar-refractivity contribution in [1.82, 2.24) is 14.6 Å². The summed E-state index contributed by atoms with van der Waals surface area (Å²) < 4.78 is 7.59. The normalized spacial score (nSPS) is 17.4. The lowest BCUT2D eigenvalue weighted by atomic mass is 9.90. The summed E-state index contributed by atoms with van der Waals surface area (Å²) in [6.45, 7) is 0.827. The average Bonchev–Trinajstić information content (AvgIpc) is 2.85. The second-order valence-electron chi connectivity index (χ2n) is 4.71. The van der Waals surface area contributed by atoms with Gasteiger partial charge < -0.3 is 4.74 Å². The first-order valence-corrected chi connectivity index (χ1v) is 6.27. The Kier molecular flexibility index (Phi) is 2.94. The van der Waals surface area contributed by atoms with E-state index in [4.69, 9.17) is 4.74 Å². The Labute approximate surface area is 101 Å². The van der Waals surface area contributed by atoms with Crippen LogP contribution < -0.4 is 4.74 Å². The third-order valence-electron chi connectivity index (χ3n) is 3.42. The molecule has 0 aliphatic heterocycles. The molecule has 4 heteroatoms. The van der Waals surface area contributed by atoms with E-state index in [1.54, 1.807) is 4.40 Å². The van der Waals surface area contributed by atoms with E-state index in [1.165, 1.54) is 32.1 Å². The van der Waals surface area contributed by atoms with E-state index in [-0.39, 0.29) is 0 Å². The Morgan fingerprint density at radius 3 is 3.06 bits per heavy atom. The number of aromatic nitrogens is 3. The maximum atomic E-state index is 5.83. The smallest absolute Gasteiger partial charge is 0.206 e. The lowest BCUT2D eigenvalue weighted by Gasteiger charge is -2.21. The summed E-state index contributed by atoms with van der Waals surface area (Å²) in [4.78, 5) is 0. The number of pyridine rings is 1. The molecule has 1 saturated carbocycles. The van der Waals surface area contributed by atoms with Crippen LogP contribution in [0.5, 0.6) is 5.75 Å². The summed E-state index contributed by atoms with van der Waals surface area (Å²) in [5, 5.41) is 7.64. The van der Waals surface area contributed by atoms with Crippen molar-refractivity contribution in [2.45, 2.75) is 32.1 Å². The highest BCUT2D eigenvalue weighted by atomic mass is 16.5. The second-order valence-corrected chi connectivity index (χ2v) is 4.71. The first-order valence-electron chi connectivity index (χ1n) is 6.27. The minimum Gasteiger partial charge on any atom is -0.492 e. The van der Waals surface area contributed by atoms with E-state index in [9.17, 15) is 0 Å². The summed E-state index contributed by atoms with van der Waals surface area (Å²) in [5.74, 6) is 1.60. The fourth-order valence-electron chi connectivity index (χ4n) is 2.41. The molecule has 2 aromatic heterocycles. The summed E-state index contributed by atoms with van der Waals surface area (Å²) in [7, 11) is 0. The molecule has 0 unspecified atom stereocenters. The van der Waals surface area contributed by atoms with Gasteiger partial charge in [-0.2, -0.15) is 0 Å². The van der Waals surface area contributed by atoms with E-state index in [0.29, 0.717) is 0 Å². The summed E-state index contributed by atoms with van der Waals surface area (Å²) in [5.41, 5.74) is 0.801. The monoisotopic (exact) mass is 230 g/mol. The Bertz CT molecular complexity index is 488. The van der Waals surface area contributed by atoms with Gasteiger partial charge in [0, 0.05) is 0 Å². The first-order chi connectivity index (χ1) is 8.42. The predicted octanol–water partition coefficient (Wildman–Crippen LogP) is 2.49. The van der Waals surface area contributed by atoms with Gasteiger partial charge in [0.05, 0.1) is 12.8 Å². The molecule has 0 atom stereocenters. The van der Waals surface area contributed by atoms with Crippen LogP contribution in [0, 0.1) is 12.2 Å². The van der Waals surface area contributed by atoms with Gasteiger partial charge in [-0.05, 0) is 30.9 Å². The number of rotatable bonds is 3. The van der Waals surface area contributed by atoms with E-state index in [0.717, 1.165) is 23.9 Å². The maximum Gasteiger partial charge on any atom is 0.206 e. The van der Waals surface area contributed by atoms with Crippen molar-refractivity contribution in [3.63, 3.8) is 0 Å². The molecular weight excluding hydrogens is 214 g/mol. The molecule has 4 nitrogen and oxygen atoms in total. The van der Waals surface area contributed by atoms with Crippen LogP contribution in [0.15, 0.2) is 18.3 Å². The molecule has 0 bridgehead atoms. The van der Waals surface area contributed by atoms with Crippen LogP contribution in [0.3, 0.4) is 0 Å². The molecule has 0 spiro atoms. The highest BCUT2D eigenvalue weighted by molar-refractivity contribution is 5.39. The van der Waals surface area contributed by atoms with Gasteiger partial charge in [0.15, 0.2) is 5.65 Å². The zero-order valence-electron chi connectivity index (χ0n) is 9.80. The minimum absolute atomic E-state index is 0.726. The van der Waals surface area contributed by atoms with Crippen LogP contribution >= 0.6 is 0 Å². The second kappa shape index (κ2) is 4.73. The number of fused-ring (bicyclic) bond motifs is 1. The van der Waals surface area contributed by atoms with Gasteiger partial charge >= 0.3 is 0 Å². The molecule has 3 rings (SSSR count). The van der Waals surface area contributed by atoms with Gasteiger partial charge in [-0.15, -0.1) is 10.2 Å². The van der Waals surface area contributed by atoms with Crippen LogP contribution in [0.25, 0.3) is 5.65 Å². The summed E-state index contributed by atoms with van der Waals surface area (Å²) >= 11 is 0. The lowest BCUT2D eigenvalue weighted by Crippen LogP contribution is -2.15. The lowest BCUT2D eigenvalue weighted by molar-refractivity contribution is 0.208. The number of ether oxygens (including phenoxy) is 1. The molecule has 1 fully saturated rings. The molecule has 1 aliphatic carbocycles. The zero-order valence-corrected chi connectivity index (χ0v) is 9.80. The highest BCUT2D eigenvalue weighted by Gasteiger charge is 2.14. The van der Waals surface area contributed by atoms with Gasteiger partial charge in [-0.25, -0.2) is 0 Å². The Balaban J connectivity index is 1.63. The van der Waals surface area contributed by atoms with Crippen LogP contribution in [0.1, 0.15) is 32.1 Å².